The van der Waals surface area contributed by atoms with Gasteiger partial charge < -0.3 is 20.3 Å². The number of carbonyl (C=O) groups excluding carboxylic acids is 3. The van der Waals surface area contributed by atoms with Gasteiger partial charge in [-0.05, 0) is 58.6 Å². The normalized spacial score (nSPS) is 15.9. The minimum absolute atomic E-state index is 0.0240. The second-order valence-electron chi connectivity index (χ2n) is 10.1. The lowest BCUT2D eigenvalue weighted by Gasteiger charge is -2.34. The van der Waals surface area contributed by atoms with Crippen molar-refractivity contribution in [3.63, 3.8) is 0 Å². The van der Waals surface area contributed by atoms with Gasteiger partial charge in [-0.1, -0.05) is 43.0 Å². The van der Waals surface area contributed by atoms with Gasteiger partial charge >= 0.3 is 6.09 Å². The lowest BCUT2D eigenvalue weighted by atomic mass is 9.93. The van der Waals surface area contributed by atoms with Crippen LogP contribution in [0, 0.1) is 25.2 Å². The maximum atomic E-state index is 13.7. The number of benzene rings is 1. The Morgan fingerprint density at radius 2 is 1.86 bits per heavy atom. The van der Waals surface area contributed by atoms with Crippen LogP contribution in [0.15, 0.2) is 18.2 Å². The van der Waals surface area contributed by atoms with Crippen LogP contribution in [0.25, 0.3) is 0 Å². The molecule has 1 aliphatic carbocycles. The number of hydrogen-bond donors (Lipinski definition) is 3. The molecule has 2 N–H and O–H groups in total. The van der Waals surface area contributed by atoms with Gasteiger partial charge in [0.2, 0.25) is 11.8 Å². The van der Waals surface area contributed by atoms with Crippen LogP contribution in [-0.2, 0) is 14.3 Å². The summed E-state index contributed by atoms with van der Waals surface area (Å²) in [6.07, 6.45) is 4.24. The van der Waals surface area contributed by atoms with Crippen LogP contribution in [0.3, 0.4) is 0 Å². The van der Waals surface area contributed by atoms with Gasteiger partial charge in [-0.3, -0.25) is 9.59 Å². The van der Waals surface area contributed by atoms with Gasteiger partial charge in [-0.15, -0.1) is 0 Å². The Labute approximate surface area is 214 Å². The highest BCUT2D eigenvalue weighted by Crippen LogP contribution is 2.28. The van der Waals surface area contributed by atoms with E-state index < -0.39 is 29.7 Å². The van der Waals surface area contributed by atoms with Gasteiger partial charge in [0.15, 0.2) is 0 Å². The Morgan fingerprint density at radius 1 is 1.20 bits per heavy atom. The number of hydrogen-bond acceptors (Lipinski definition) is 6. The van der Waals surface area contributed by atoms with Crippen LogP contribution in [0.1, 0.15) is 75.6 Å². The van der Waals surface area contributed by atoms with E-state index in [1.807, 2.05) is 38.1 Å². The van der Waals surface area contributed by atoms with Gasteiger partial charge in [0.1, 0.15) is 24.2 Å². The molecule has 0 bridgehead atoms. The topological polar surface area (TPSA) is 112 Å². The van der Waals surface area contributed by atoms with Crippen LogP contribution in [0.2, 0.25) is 0 Å². The molecule has 0 aromatic heterocycles. The Hall–Kier alpha value is -2.73. The van der Waals surface area contributed by atoms with Gasteiger partial charge in [-0.2, -0.15) is 17.9 Å². The lowest BCUT2D eigenvalue weighted by Crippen LogP contribution is -2.54. The first-order valence-electron chi connectivity index (χ1n) is 12.1. The SMILES string of the molecule is Cc1ccc(C)c(C(C(=O)NC2CCCCC2)N(CC#N)C(=O)C(CS)NC(=O)OC(C)(C)C)c1. The van der Waals surface area contributed by atoms with Crippen LogP contribution in [-0.4, -0.2) is 52.8 Å². The predicted molar refractivity (Wildman–Crippen MR) is 138 cm³/mol. The number of alkyl carbamates (subject to hydrolysis) is 1. The molecular formula is C26H38N4O4S. The fourth-order valence-electron chi connectivity index (χ4n) is 4.24. The zero-order chi connectivity index (χ0) is 26.2. The van der Waals surface area contributed by atoms with Gasteiger partial charge in [0, 0.05) is 11.8 Å². The molecule has 192 valence electrons. The van der Waals surface area contributed by atoms with E-state index in [1.165, 1.54) is 4.90 Å². The van der Waals surface area contributed by atoms with E-state index in [9.17, 15) is 19.6 Å². The first-order valence-corrected chi connectivity index (χ1v) is 12.8. The van der Waals surface area contributed by atoms with E-state index in [4.69, 9.17) is 4.74 Å². The largest absolute Gasteiger partial charge is 0.444 e. The van der Waals surface area contributed by atoms with E-state index in [2.05, 4.69) is 23.3 Å². The summed E-state index contributed by atoms with van der Waals surface area (Å²) in [5.41, 5.74) is 1.67. The molecule has 1 saturated carbocycles. The zero-order valence-electron chi connectivity index (χ0n) is 21.4. The number of nitrogens with one attached hydrogen (secondary N) is 2. The average molecular weight is 503 g/mol. The van der Waals surface area contributed by atoms with Crippen LogP contribution in [0.5, 0.6) is 0 Å². The number of thiol groups is 1. The first kappa shape index (κ1) is 28.5. The van der Waals surface area contributed by atoms with Crippen molar-refractivity contribution in [1.82, 2.24) is 15.5 Å². The van der Waals surface area contributed by atoms with Gasteiger partial charge in [0.25, 0.3) is 0 Å². The molecular weight excluding hydrogens is 464 g/mol. The Bertz CT molecular complexity index is 948. The minimum atomic E-state index is -1.07. The highest BCUT2D eigenvalue weighted by Gasteiger charge is 2.37. The molecule has 1 aromatic carbocycles. The Morgan fingerprint density at radius 3 is 2.43 bits per heavy atom. The van der Waals surface area contributed by atoms with Crippen LogP contribution >= 0.6 is 12.6 Å². The molecule has 3 amide bonds. The molecule has 35 heavy (non-hydrogen) atoms. The minimum Gasteiger partial charge on any atom is -0.444 e. The summed E-state index contributed by atoms with van der Waals surface area (Å²) in [6, 6.07) is 5.66. The number of nitriles is 1. The van der Waals surface area contributed by atoms with Gasteiger partial charge in [0.05, 0.1) is 6.07 Å². The van der Waals surface area contributed by atoms with Crippen LogP contribution < -0.4 is 10.6 Å². The first-order chi connectivity index (χ1) is 16.5. The van der Waals surface area contributed by atoms with Gasteiger partial charge in [-0.25, -0.2) is 4.79 Å². The summed E-state index contributed by atoms with van der Waals surface area (Å²) in [5.74, 6) is -0.925. The molecule has 8 nitrogen and oxygen atoms in total. The summed E-state index contributed by atoms with van der Waals surface area (Å²) in [6.45, 7) is 8.62. The van der Waals surface area contributed by atoms with Crippen molar-refractivity contribution in [2.45, 2.75) is 90.4 Å². The average Bonchev–Trinajstić information content (AvgIpc) is 2.78. The molecule has 1 aromatic rings. The molecule has 1 aliphatic rings. The third-order valence-electron chi connectivity index (χ3n) is 5.94. The number of amides is 3. The molecule has 0 radical (unpaired) electrons. The van der Waals surface area contributed by atoms with Crippen molar-refractivity contribution in [3.05, 3.63) is 34.9 Å². The zero-order valence-corrected chi connectivity index (χ0v) is 22.3. The van der Waals surface area contributed by atoms with Crippen molar-refractivity contribution >= 4 is 30.5 Å². The second-order valence-corrected chi connectivity index (χ2v) is 10.5. The summed E-state index contributed by atoms with van der Waals surface area (Å²) in [5, 5.41) is 15.2. The van der Waals surface area contributed by atoms with Crippen molar-refractivity contribution < 1.29 is 19.1 Å². The highest BCUT2D eigenvalue weighted by atomic mass is 32.1. The molecule has 2 atom stereocenters. The molecule has 0 spiro atoms. The third-order valence-corrected chi connectivity index (χ3v) is 6.30. The van der Waals surface area contributed by atoms with Crippen molar-refractivity contribution in [2.75, 3.05) is 12.3 Å². The maximum Gasteiger partial charge on any atom is 0.408 e. The molecule has 2 rings (SSSR count). The standard InChI is InChI=1S/C26H38N4O4S/c1-17-11-12-18(2)20(15-17)22(23(31)28-19-9-7-6-8-10-19)30(14-13-27)24(32)21(16-35)29-25(33)34-26(3,4)5/h11-12,15,19,21-22,35H,6-10,14,16H2,1-5H3,(H,28,31)(H,29,33). The van der Waals surface area contributed by atoms with E-state index in [0.717, 1.165) is 43.2 Å². The van der Waals surface area contributed by atoms with E-state index in [1.54, 1.807) is 20.8 Å². The van der Waals surface area contributed by atoms with E-state index in [-0.39, 0.29) is 24.2 Å². The fraction of sp³-hybridized carbons (Fsp3) is 0.615. The smallest absolute Gasteiger partial charge is 0.408 e. The summed E-state index contributed by atoms with van der Waals surface area (Å²) >= 11 is 4.25. The van der Waals surface area contributed by atoms with Crippen molar-refractivity contribution in [3.8, 4) is 6.07 Å². The monoisotopic (exact) mass is 502 g/mol. The third kappa shape index (κ3) is 8.46. The predicted octanol–water partition coefficient (Wildman–Crippen LogP) is 3.97. The van der Waals surface area contributed by atoms with Crippen LogP contribution in [0.4, 0.5) is 4.79 Å². The number of rotatable bonds is 8. The number of ether oxygens (including phenoxy) is 1. The highest BCUT2D eigenvalue weighted by molar-refractivity contribution is 7.80. The van der Waals surface area contributed by atoms with E-state index >= 15 is 0 Å². The number of aryl methyl sites for hydroxylation is 2. The lowest BCUT2D eigenvalue weighted by molar-refractivity contribution is -0.141. The fourth-order valence-corrected chi connectivity index (χ4v) is 4.49. The second kappa shape index (κ2) is 12.8. The van der Waals surface area contributed by atoms with E-state index in [0.29, 0.717) is 5.56 Å². The molecule has 1 fully saturated rings. The number of nitrogens with zero attached hydrogens (tertiary/aromatic N) is 2. The Kier molecular flexibility index (Phi) is 10.4. The quantitative estimate of drug-likeness (QED) is 0.368. The molecule has 0 heterocycles. The Balaban J connectivity index is 2.42. The summed E-state index contributed by atoms with van der Waals surface area (Å²) in [4.78, 5) is 40.9. The summed E-state index contributed by atoms with van der Waals surface area (Å²) in [7, 11) is 0. The molecule has 2 unspecified atom stereocenters. The number of carbonyl (C=O) groups is 3. The van der Waals surface area contributed by atoms with Crippen molar-refractivity contribution in [1.29, 1.82) is 5.26 Å². The summed E-state index contributed by atoms with van der Waals surface area (Å²) < 4.78 is 5.29. The molecule has 0 saturated heterocycles. The molecule has 9 heteroatoms. The maximum absolute atomic E-state index is 13.7. The van der Waals surface area contributed by atoms with Crippen molar-refractivity contribution in [2.24, 2.45) is 0 Å². The molecule has 0 aliphatic heterocycles.